The van der Waals surface area contributed by atoms with Crippen LogP contribution in [-0.2, 0) is 6.54 Å². The molecule has 0 atom stereocenters. The summed E-state index contributed by atoms with van der Waals surface area (Å²) < 4.78 is 6.44. The lowest BCUT2D eigenvalue weighted by Crippen LogP contribution is -2.20. The maximum absolute atomic E-state index is 11.9. The van der Waals surface area contributed by atoms with Crippen molar-refractivity contribution in [2.45, 2.75) is 13.5 Å². The first-order valence-electron chi connectivity index (χ1n) is 7.20. The quantitative estimate of drug-likeness (QED) is 0.581. The molecule has 0 saturated carbocycles. The third-order valence-corrected chi connectivity index (χ3v) is 3.16. The van der Waals surface area contributed by atoms with E-state index >= 15 is 0 Å². The summed E-state index contributed by atoms with van der Waals surface area (Å²) in [4.78, 5) is 11.9. The normalized spacial score (nSPS) is 11.4. The molecule has 6 nitrogen and oxygen atoms in total. The first-order chi connectivity index (χ1) is 11.2. The van der Waals surface area contributed by atoms with Crippen molar-refractivity contribution in [1.29, 1.82) is 0 Å². The van der Waals surface area contributed by atoms with Gasteiger partial charge in [-0.3, -0.25) is 5.43 Å². The Morgan fingerprint density at radius 3 is 2.48 bits per heavy atom. The molecule has 23 heavy (non-hydrogen) atoms. The van der Waals surface area contributed by atoms with E-state index in [1.165, 1.54) is 4.68 Å². The van der Waals surface area contributed by atoms with Gasteiger partial charge in [0.05, 0.1) is 17.9 Å². The van der Waals surface area contributed by atoms with Crippen LogP contribution in [0.15, 0.2) is 75.0 Å². The Morgan fingerprint density at radius 2 is 1.78 bits per heavy atom. The zero-order valence-electron chi connectivity index (χ0n) is 12.6. The third-order valence-electron chi connectivity index (χ3n) is 3.16. The smallest absolute Gasteiger partial charge is 0.388 e. The van der Waals surface area contributed by atoms with Gasteiger partial charge < -0.3 is 4.42 Å². The Labute approximate surface area is 133 Å². The Balaban J connectivity index is 1.73. The predicted octanol–water partition coefficient (Wildman–Crippen LogP) is 2.99. The molecule has 3 aromatic rings. The second-order valence-electron chi connectivity index (χ2n) is 5.02. The van der Waals surface area contributed by atoms with E-state index in [2.05, 4.69) is 15.6 Å². The van der Waals surface area contributed by atoms with Gasteiger partial charge in [-0.2, -0.15) is 9.78 Å². The van der Waals surface area contributed by atoms with Crippen molar-refractivity contribution < 1.29 is 4.42 Å². The molecule has 0 saturated heterocycles. The molecule has 6 heteroatoms. The number of para-hydroxylation sites is 1. The molecule has 0 bridgehead atoms. The molecule has 1 N–H and O–H groups in total. The molecule has 0 radical (unpaired) electrons. The van der Waals surface area contributed by atoms with Crippen LogP contribution in [0.2, 0.25) is 0 Å². The van der Waals surface area contributed by atoms with Crippen LogP contribution in [0, 0.1) is 0 Å². The van der Waals surface area contributed by atoms with Crippen LogP contribution in [-0.4, -0.2) is 15.5 Å². The van der Waals surface area contributed by atoms with Gasteiger partial charge in [0, 0.05) is 5.56 Å². The van der Waals surface area contributed by atoms with Crippen LogP contribution >= 0.6 is 0 Å². The molecular weight excluding hydrogens is 292 g/mol. The molecule has 0 amide bonds. The lowest BCUT2D eigenvalue weighted by atomic mass is 10.2. The van der Waals surface area contributed by atoms with E-state index in [0.29, 0.717) is 11.6 Å². The van der Waals surface area contributed by atoms with Crippen molar-refractivity contribution in [3.63, 3.8) is 0 Å². The SMILES string of the molecule is C/C(Cn1nc(-c2ccccc2)oc1=O)=N\Nc1ccccc1. The van der Waals surface area contributed by atoms with Gasteiger partial charge in [-0.1, -0.05) is 36.4 Å². The Kier molecular flexibility index (Phi) is 4.33. The summed E-state index contributed by atoms with van der Waals surface area (Å²) in [5.41, 5.74) is 5.29. The van der Waals surface area contributed by atoms with Crippen molar-refractivity contribution in [3.8, 4) is 11.5 Å². The predicted molar refractivity (Wildman–Crippen MR) is 89.4 cm³/mol. The Hall–Kier alpha value is -3.15. The van der Waals surface area contributed by atoms with Crippen LogP contribution in [0.5, 0.6) is 0 Å². The fourth-order valence-electron chi connectivity index (χ4n) is 2.03. The molecule has 0 unspecified atom stereocenters. The van der Waals surface area contributed by atoms with Crippen LogP contribution in [0.4, 0.5) is 5.69 Å². The average molecular weight is 308 g/mol. The largest absolute Gasteiger partial charge is 0.437 e. The minimum absolute atomic E-state index is 0.259. The van der Waals surface area contributed by atoms with Crippen molar-refractivity contribution in [3.05, 3.63) is 71.2 Å². The first kappa shape index (κ1) is 14.8. The van der Waals surface area contributed by atoms with Crippen molar-refractivity contribution in [1.82, 2.24) is 9.78 Å². The second kappa shape index (κ2) is 6.74. The Morgan fingerprint density at radius 1 is 1.13 bits per heavy atom. The number of hydrogen-bond acceptors (Lipinski definition) is 5. The number of benzene rings is 2. The third kappa shape index (κ3) is 3.74. The summed E-state index contributed by atoms with van der Waals surface area (Å²) in [6, 6.07) is 18.9. The molecule has 0 spiro atoms. The molecular formula is C17H16N4O2. The highest BCUT2D eigenvalue weighted by molar-refractivity contribution is 5.82. The summed E-state index contributed by atoms with van der Waals surface area (Å²) in [5, 5.41) is 8.44. The van der Waals surface area contributed by atoms with Gasteiger partial charge in [-0.15, -0.1) is 5.10 Å². The monoisotopic (exact) mass is 308 g/mol. The van der Waals surface area contributed by atoms with Crippen LogP contribution in [0.3, 0.4) is 0 Å². The van der Waals surface area contributed by atoms with E-state index in [1.807, 2.05) is 67.6 Å². The number of aromatic nitrogens is 2. The van der Waals surface area contributed by atoms with Gasteiger partial charge in [0.25, 0.3) is 0 Å². The minimum atomic E-state index is -0.502. The van der Waals surface area contributed by atoms with Gasteiger partial charge in [0.15, 0.2) is 0 Å². The molecule has 0 fully saturated rings. The van der Waals surface area contributed by atoms with E-state index in [9.17, 15) is 4.79 Å². The van der Waals surface area contributed by atoms with E-state index in [0.717, 1.165) is 11.3 Å². The highest BCUT2D eigenvalue weighted by Gasteiger charge is 2.10. The van der Waals surface area contributed by atoms with Gasteiger partial charge in [0.2, 0.25) is 5.89 Å². The van der Waals surface area contributed by atoms with Crippen LogP contribution < -0.4 is 11.2 Å². The fourth-order valence-corrected chi connectivity index (χ4v) is 2.03. The zero-order chi connectivity index (χ0) is 16.1. The van der Waals surface area contributed by atoms with E-state index in [1.54, 1.807) is 0 Å². The van der Waals surface area contributed by atoms with Gasteiger partial charge >= 0.3 is 5.76 Å². The van der Waals surface area contributed by atoms with Gasteiger partial charge in [-0.25, -0.2) is 4.79 Å². The van der Waals surface area contributed by atoms with E-state index in [4.69, 9.17) is 4.42 Å². The maximum Gasteiger partial charge on any atom is 0.437 e. The molecule has 0 aliphatic rings. The summed E-state index contributed by atoms with van der Waals surface area (Å²) in [7, 11) is 0. The zero-order valence-corrected chi connectivity index (χ0v) is 12.6. The van der Waals surface area contributed by atoms with Crippen molar-refractivity contribution in [2.24, 2.45) is 5.10 Å². The summed E-state index contributed by atoms with van der Waals surface area (Å²) in [6.07, 6.45) is 0. The van der Waals surface area contributed by atoms with Crippen LogP contribution in [0.1, 0.15) is 6.92 Å². The molecule has 0 aliphatic heterocycles. The van der Waals surface area contributed by atoms with Crippen LogP contribution in [0.25, 0.3) is 11.5 Å². The number of hydrazone groups is 1. The summed E-state index contributed by atoms with van der Waals surface area (Å²) >= 11 is 0. The van der Waals surface area contributed by atoms with Gasteiger partial charge in [0.1, 0.15) is 0 Å². The number of nitrogens with one attached hydrogen (secondary N) is 1. The lowest BCUT2D eigenvalue weighted by molar-refractivity contribution is 0.500. The fraction of sp³-hybridized carbons (Fsp3) is 0.118. The van der Waals surface area contributed by atoms with E-state index in [-0.39, 0.29) is 6.54 Å². The molecule has 0 aliphatic carbocycles. The standard InChI is InChI=1S/C17H16N4O2/c1-13(18-19-15-10-6-3-7-11-15)12-21-17(22)23-16(20-21)14-8-4-2-5-9-14/h2-11,19H,12H2,1H3/b18-13+. The number of anilines is 1. The van der Waals surface area contributed by atoms with Crippen molar-refractivity contribution >= 4 is 11.4 Å². The average Bonchev–Trinajstić information content (AvgIpc) is 2.95. The maximum atomic E-state index is 11.9. The Bertz CT molecular complexity index is 851. The highest BCUT2D eigenvalue weighted by atomic mass is 16.4. The molecule has 1 heterocycles. The van der Waals surface area contributed by atoms with Crippen molar-refractivity contribution in [2.75, 3.05) is 5.43 Å². The lowest BCUT2D eigenvalue weighted by Gasteiger charge is -2.02. The van der Waals surface area contributed by atoms with E-state index < -0.39 is 5.76 Å². The molecule has 2 aromatic carbocycles. The van der Waals surface area contributed by atoms with Gasteiger partial charge in [-0.05, 0) is 31.2 Å². The highest BCUT2D eigenvalue weighted by Crippen LogP contribution is 2.13. The second-order valence-corrected chi connectivity index (χ2v) is 5.02. The first-order valence-corrected chi connectivity index (χ1v) is 7.20. The number of rotatable bonds is 5. The summed E-state index contributed by atoms with van der Waals surface area (Å²) in [6.45, 7) is 2.08. The number of nitrogens with zero attached hydrogens (tertiary/aromatic N) is 3. The molecule has 3 rings (SSSR count). The summed E-state index contributed by atoms with van der Waals surface area (Å²) in [5.74, 6) is -0.197. The number of hydrogen-bond donors (Lipinski definition) is 1. The minimum Gasteiger partial charge on any atom is -0.388 e. The topological polar surface area (TPSA) is 72.4 Å². The molecule has 116 valence electrons. The molecule has 1 aromatic heterocycles.